The first-order valence-corrected chi connectivity index (χ1v) is 3.32. The Morgan fingerprint density at radius 1 is 1.50 bits per heavy atom. The van der Waals surface area contributed by atoms with Crippen LogP contribution in [-0.4, -0.2) is 18.4 Å². The van der Waals surface area contributed by atoms with Crippen molar-refractivity contribution in [3.05, 3.63) is 0 Å². The molecule has 3 nitrogen and oxygen atoms in total. The van der Waals surface area contributed by atoms with Gasteiger partial charge in [0.05, 0.1) is 5.92 Å². The van der Waals surface area contributed by atoms with Crippen molar-refractivity contribution in [3.8, 4) is 0 Å². The zero-order valence-corrected chi connectivity index (χ0v) is 6.03. The minimum atomic E-state index is -0.512. The molecule has 0 aromatic heterocycles. The van der Waals surface area contributed by atoms with Gasteiger partial charge in [-0.2, -0.15) is 0 Å². The molecule has 0 spiro atoms. The Labute approximate surface area is 59.4 Å². The third-order valence-corrected chi connectivity index (χ3v) is 2.07. The fourth-order valence-electron chi connectivity index (χ4n) is 1.000. The van der Waals surface area contributed by atoms with Crippen molar-refractivity contribution < 1.29 is 14.3 Å². The summed E-state index contributed by atoms with van der Waals surface area (Å²) >= 11 is 0. The predicted octanol–water partition coefficient (Wildman–Crippen LogP) is 0.383. The summed E-state index contributed by atoms with van der Waals surface area (Å²) in [6, 6.07) is 0. The quantitative estimate of drug-likeness (QED) is 0.392. The molecular weight excluding hydrogens is 132 g/mol. The van der Waals surface area contributed by atoms with Gasteiger partial charge in [0.15, 0.2) is 12.4 Å². The van der Waals surface area contributed by atoms with E-state index in [1.165, 1.54) is 0 Å². The highest BCUT2D eigenvalue weighted by atomic mass is 16.6. The molecule has 1 aliphatic heterocycles. The van der Waals surface area contributed by atoms with Crippen molar-refractivity contribution in [1.82, 2.24) is 0 Å². The van der Waals surface area contributed by atoms with Crippen LogP contribution in [0.1, 0.15) is 13.8 Å². The van der Waals surface area contributed by atoms with E-state index < -0.39 is 6.10 Å². The molecule has 1 saturated heterocycles. The van der Waals surface area contributed by atoms with Crippen LogP contribution in [0.25, 0.3) is 0 Å². The summed E-state index contributed by atoms with van der Waals surface area (Å²) < 4.78 is 4.73. The standard InChI is InChI=1S/C7H10O3/c1-4-5(2)7(9)10-6(4)3-8/h3-6H,1-2H3. The molecule has 1 heterocycles. The lowest BCUT2D eigenvalue weighted by Gasteiger charge is -2.05. The maximum absolute atomic E-state index is 10.8. The molecule has 56 valence electrons. The largest absolute Gasteiger partial charge is 0.454 e. The van der Waals surface area contributed by atoms with Crippen LogP contribution in [-0.2, 0) is 14.3 Å². The first kappa shape index (κ1) is 7.25. The highest BCUT2D eigenvalue weighted by Gasteiger charge is 2.38. The number of cyclic esters (lactones) is 1. The van der Waals surface area contributed by atoms with E-state index in [1.54, 1.807) is 6.92 Å². The zero-order valence-electron chi connectivity index (χ0n) is 6.03. The van der Waals surface area contributed by atoms with Crippen LogP contribution in [0.4, 0.5) is 0 Å². The number of carbonyl (C=O) groups is 2. The Kier molecular flexibility index (Phi) is 1.74. The van der Waals surface area contributed by atoms with Crippen LogP contribution in [0.5, 0.6) is 0 Å². The van der Waals surface area contributed by atoms with E-state index in [-0.39, 0.29) is 17.8 Å². The summed E-state index contributed by atoms with van der Waals surface area (Å²) in [5.74, 6) is -0.357. The monoisotopic (exact) mass is 142 g/mol. The van der Waals surface area contributed by atoms with E-state index in [9.17, 15) is 9.59 Å². The molecule has 3 heteroatoms. The molecule has 1 aliphatic rings. The molecule has 0 N–H and O–H groups in total. The van der Waals surface area contributed by atoms with Crippen molar-refractivity contribution in [2.75, 3.05) is 0 Å². The molecule has 0 bridgehead atoms. The van der Waals surface area contributed by atoms with E-state index in [2.05, 4.69) is 0 Å². The van der Waals surface area contributed by atoms with E-state index in [1.807, 2.05) is 6.92 Å². The molecule has 0 saturated carbocycles. The first-order valence-electron chi connectivity index (χ1n) is 3.32. The molecule has 0 radical (unpaired) electrons. The van der Waals surface area contributed by atoms with Gasteiger partial charge in [-0.1, -0.05) is 13.8 Å². The van der Waals surface area contributed by atoms with Crippen molar-refractivity contribution in [2.24, 2.45) is 11.8 Å². The molecule has 1 fully saturated rings. The predicted molar refractivity (Wildman–Crippen MR) is 34.3 cm³/mol. The Morgan fingerprint density at radius 2 is 2.10 bits per heavy atom. The van der Waals surface area contributed by atoms with Crippen LogP contribution in [0.15, 0.2) is 0 Å². The minimum Gasteiger partial charge on any atom is -0.454 e. The zero-order chi connectivity index (χ0) is 7.72. The van der Waals surface area contributed by atoms with Gasteiger partial charge in [-0.15, -0.1) is 0 Å². The maximum Gasteiger partial charge on any atom is 0.309 e. The molecule has 3 unspecified atom stereocenters. The average molecular weight is 142 g/mol. The lowest BCUT2D eigenvalue weighted by Crippen LogP contribution is -2.16. The van der Waals surface area contributed by atoms with Crippen molar-refractivity contribution in [1.29, 1.82) is 0 Å². The second-order valence-electron chi connectivity index (χ2n) is 2.69. The smallest absolute Gasteiger partial charge is 0.309 e. The average Bonchev–Trinajstić information content (AvgIpc) is 2.17. The number of hydrogen-bond acceptors (Lipinski definition) is 3. The third kappa shape index (κ3) is 0.916. The van der Waals surface area contributed by atoms with Crippen molar-refractivity contribution in [3.63, 3.8) is 0 Å². The molecule has 1 rings (SSSR count). The van der Waals surface area contributed by atoms with E-state index >= 15 is 0 Å². The van der Waals surface area contributed by atoms with Crippen LogP contribution in [0.3, 0.4) is 0 Å². The van der Waals surface area contributed by atoms with Crippen LogP contribution in [0, 0.1) is 11.8 Å². The summed E-state index contributed by atoms with van der Waals surface area (Å²) in [7, 11) is 0. The summed E-state index contributed by atoms with van der Waals surface area (Å²) in [6.45, 7) is 3.62. The Hall–Kier alpha value is -0.860. The second-order valence-corrected chi connectivity index (χ2v) is 2.69. The lowest BCUT2D eigenvalue weighted by atomic mass is 9.95. The Balaban J connectivity index is 2.70. The minimum absolute atomic E-state index is 0.0324. The molecule has 0 aliphatic carbocycles. The summed E-state index contributed by atoms with van der Waals surface area (Å²) in [5, 5.41) is 0. The topological polar surface area (TPSA) is 43.4 Å². The fraction of sp³-hybridized carbons (Fsp3) is 0.714. The summed E-state index contributed by atoms with van der Waals surface area (Å²) in [6.07, 6.45) is 0.175. The molecule has 3 atom stereocenters. The van der Waals surface area contributed by atoms with Crippen LogP contribution >= 0.6 is 0 Å². The third-order valence-electron chi connectivity index (χ3n) is 2.07. The lowest BCUT2D eigenvalue weighted by molar-refractivity contribution is -0.146. The van der Waals surface area contributed by atoms with Crippen molar-refractivity contribution in [2.45, 2.75) is 20.0 Å². The number of esters is 1. The van der Waals surface area contributed by atoms with E-state index in [4.69, 9.17) is 4.74 Å². The molecule has 0 aromatic carbocycles. The normalized spacial score (nSPS) is 39.4. The van der Waals surface area contributed by atoms with E-state index in [0.717, 1.165) is 0 Å². The van der Waals surface area contributed by atoms with E-state index in [0.29, 0.717) is 6.29 Å². The van der Waals surface area contributed by atoms with Gasteiger partial charge in [-0.25, -0.2) is 0 Å². The number of hydrogen-bond donors (Lipinski definition) is 0. The summed E-state index contributed by atoms with van der Waals surface area (Å²) in [4.78, 5) is 21.0. The van der Waals surface area contributed by atoms with Crippen LogP contribution < -0.4 is 0 Å². The van der Waals surface area contributed by atoms with Gasteiger partial charge in [0.25, 0.3) is 0 Å². The molecule has 10 heavy (non-hydrogen) atoms. The first-order chi connectivity index (χ1) is 4.66. The highest BCUT2D eigenvalue weighted by Crippen LogP contribution is 2.25. The van der Waals surface area contributed by atoms with Gasteiger partial charge in [0, 0.05) is 5.92 Å². The Bertz CT molecular complexity index is 164. The van der Waals surface area contributed by atoms with Gasteiger partial charge in [0.2, 0.25) is 0 Å². The van der Waals surface area contributed by atoms with Gasteiger partial charge in [0.1, 0.15) is 0 Å². The highest BCUT2D eigenvalue weighted by molar-refractivity contribution is 5.79. The van der Waals surface area contributed by atoms with Gasteiger partial charge < -0.3 is 4.74 Å². The second kappa shape index (κ2) is 2.40. The molecular formula is C7H10O3. The number of rotatable bonds is 1. The van der Waals surface area contributed by atoms with Crippen molar-refractivity contribution >= 4 is 12.3 Å². The Morgan fingerprint density at radius 3 is 2.30 bits per heavy atom. The molecule has 0 aromatic rings. The van der Waals surface area contributed by atoms with Crippen LogP contribution in [0.2, 0.25) is 0 Å². The maximum atomic E-state index is 10.8. The summed E-state index contributed by atoms with van der Waals surface area (Å²) in [5.41, 5.74) is 0. The number of ether oxygens (including phenoxy) is 1. The fourth-order valence-corrected chi connectivity index (χ4v) is 1.000. The van der Waals surface area contributed by atoms with Gasteiger partial charge >= 0.3 is 5.97 Å². The van der Waals surface area contributed by atoms with Gasteiger partial charge in [-0.3, -0.25) is 9.59 Å². The number of carbonyl (C=O) groups excluding carboxylic acids is 2. The number of aldehydes is 1. The SMILES string of the molecule is CC1C(=O)OC(C=O)C1C. The van der Waals surface area contributed by atoms with Gasteiger partial charge in [-0.05, 0) is 0 Å². The molecule has 0 amide bonds.